The number of benzene rings is 1. The Kier molecular flexibility index (Phi) is 5.60. The first-order valence-corrected chi connectivity index (χ1v) is 9.96. The van der Waals surface area contributed by atoms with Crippen LogP contribution in [0.3, 0.4) is 0 Å². The summed E-state index contributed by atoms with van der Waals surface area (Å²) in [5, 5.41) is 0. The van der Waals surface area contributed by atoms with Gasteiger partial charge in [0.25, 0.3) is 0 Å². The van der Waals surface area contributed by atoms with Gasteiger partial charge in [0.15, 0.2) is 0 Å². The number of rotatable bonds is 5. The van der Waals surface area contributed by atoms with Crippen LogP contribution < -0.4 is 4.74 Å². The Morgan fingerprint density at radius 2 is 1.93 bits per heavy atom. The van der Waals surface area contributed by atoms with Crippen molar-refractivity contribution in [3.05, 3.63) is 29.8 Å². The molecule has 0 spiro atoms. The van der Waals surface area contributed by atoms with Gasteiger partial charge in [-0.1, -0.05) is 12.1 Å². The van der Waals surface area contributed by atoms with Crippen LogP contribution in [-0.2, 0) is 20.5 Å². The maximum absolute atomic E-state index is 12.8. The third kappa shape index (κ3) is 4.49. The van der Waals surface area contributed by atoms with Gasteiger partial charge in [0.2, 0.25) is 5.91 Å². The molecule has 1 atom stereocenters. The monoisotopic (exact) mass is 373 g/mol. The molecule has 3 rings (SSSR count). The average molecular weight is 373 g/mol. The molecule has 1 amide bonds. The summed E-state index contributed by atoms with van der Waals surface area (Å²) in [6.45, 7) is 13.7. The molecule has 1 aromatic carbocycles. The molecule has 2 heterocycles. The van der Waals surface area contributed by atoms with E-state index in [1.165, 1.54) is 0 Å². The van der Waals surface area contributed by atoms with E-state index < -0.39 is 0 Å². The molecule has 2 saturated heterocycles. The first-order chi connectivity index (χ1) is 12.6. The lowest BCUT2D eigenvalue weighted by Crippen LogP contribution is -2.41. The highest BCUT2D eigenvalue weighted by molar-refractivity contribution is 6.47. The SMILES string of the molecule is CC(C)Oc1cccc(CC(=O)N2CCC(B3OC(C)(C)C(C)(C)O3)C2)c1. The fourth-order valence-electron chi connectivity index (χ4n) is 3.60. The van der Waals surface area contributed by atoms with Gasteiger partial charge in [-0.25, -0.2) is 0 Å². The molecule has 0 aromatic heterocycles. The van der Waals surface area contributed by atoms with Crippen molar-refractivity contribution in [1.29, 1.82) is 0 Å². The normalized spacial score (nSPS) is 23.9. The summed E-state index contributed by atoms with van der Waals surface area (Å²) in [6.07, 6.45) is 1.43. The molecule has 0 bridgehead atoms. The van der Waals surface area contributed by atoms with Gasteiger partial charge < -0.3 is 18.9 Å². The van der Waals surface area contributed by atoms with Gasteiger partial charge in [-0.3, -0.25) is 4.79 Å². The van der Waals surface area contributed by atoms with Gasteiger partial charge in [0, 0.05) is 18.9 Å². The van der Waals surface area contributed by atoms with E-state index in [9.17, 15) is 4.79 Å². The van der Waals surface area contributed by atoms with Gasteiger partial charge in [0.05, 0.1) is 23.7 Å². The average Bonchev–Trinajstić information content (AvgIpc) is 3.10. The van der Waals surface area contributed by atoms with Crippen LogP contribution in [-0.4, -0.2) is 48.3 Å². The van der Waals surface area contributed by atoms with Crippen molar-refractivity contribution >= 4 is 13.0 Å². The quantitative estimate of drug-likeness (QED) is 0.739. The fraction of sp³-hybridized carbons (Fsp3) is 0.667. The largest absolute Gasteiger partial charge is 0.491 e. The highest BCUT2D eigenvalue weighted by atomic mass is 16.7. The molecule has 1 unspecified atom stereocenters. The van der Waals surface area contributed by atoms with E-state index in [4.69, 9.17) is 14.0 Å². The summed E-state index contributed by atoms with van der Waals surface area (Å²) in [4.78, 5) is 14.7. The minimum atomic E-state index is -0.327. The second-order valence-electron chi connectivity index (χ2n) is 9.00. The van der Waals surface area contributed by atoms with Crippen molar-refractivity contribution in [3.8, 4) is 5.75 Å². The van der Waals surface area contributed by atoms with Crippen LogP contribution >= 0.6 is 0 Å². The van der Waals surface area contributed by atoms with Crippen molar-refractivity contribution < 1.29 is 18.8 Å². The van der Waals surface area contributed by atoms with Gasteiger partial charge in [-0.05, 0) is 65.7 Å². The van der Waals surface area contributed by atoms with E-state index in [1.54, 1.807) is 0 Å². The number of amides is 1. The summed E-state index contributed by atoms with van der Waals surface area (Å²) < 4.78 is 18.1. The first-order valence-electron chi connectivity index (χ1n) is 9.96. The topological polar surface area (TPSA) is 48.0 Å². The lowest BCUT2D eigenvalue weighted by atomic mass is 9.71. The molecular weight excluding hydrogens is 341 g/mol. The van der Waals surface area contributed by atoms with Crippen LogP contribution in [0.25, 0.3) is 0 Å². The Bertz CT molecular complexity index is 673. The predicted molar refractivity (Wildman–Crippen MR) is 107 cm³/mol. The van der Waals surface area contributed by atoms with E-state index in [2.05, 4.69) is 27.7 Å². The molecule has 6 heteroatoms. The van der Waals surface area contributed by atoms with Crippen LogP contribution in [0.1, 0.15) is 53.5 Å². The lowest BCUT2D eigenvalue weighted by molar-refractivity contribution is -0.129. The summed E-state index contributed by atoms with van der Waals surface area (Å²) in [5.74, 6) is 1.19. The van der Waals surface area contributed by atoms with E-state index in [1.807, 2.05) is 43.0 Å². The van der Waals surface area contributed by atoms with E-state index in [-0.39, 0.29) is 36.1 Å². The Labute approximate surface area is 163 Å². The highest BCUT2D eigenvalue weighted by Gasteiger charge is 2.54. The summed E-state index contributed by atoms with van der Waals surface area (Å²) in [7, 11) is -0.240. The van der Waals surface area contributed by atoms with Crippen molar-refractivity contribution in [2.75, 3.05) is 13.1 Å². The van der Waals surface area contributed by atoms with Crippen LogP contribution in [0.5, 0.6) is 5.75 Å². The zero-order chi connectivity index (χ0) is 19.8. The number of carbonyl (C=O) groups excluding carboxylic acids is 1. The summed E-state index contributed by atoms with van der Waals surface area (Å²) in [5.41, 5.74) is 0.329. The van der Waals surface area contributed by atoms with Crippen molar-refractivity contribution in [2.45, 2.75) is 77.5 Å². The third-order valence-electron chi connectivity index (χ3n) is 5.86. The Morgan fingerprint density at radius 1 is 1.26 bits per heavy atom. The Balaban J connectivity index is 1.57. The molecule has 27 heavy (non-hydrogen) atoms. The molecule has 0 radical (unpaired) electrons. The predicted octanol–water partition coefficient (Wildman–Crippen LogP) is 3.71. The van der Waals surface area contributed by atoms with E-state index >= 15 is 0 Å². The molecule has 148 valence electrons. The molecule has 2 aliphatic rings. The molecule has 0 saturated carbocycles. The standard InChI is InChI=1S/C21H32BNO4/c1-15(2)25-18-9-7-8-16(12-18)13-19(24)23-11-10-17(14-23)22-26-20(3,4)21(5,6)27-22/h7-9,12,15,17H,10-11,13-14H2,1-6H3. The smallest absolute Gasteiger partial charge is 0.463 e. The molecule has 5 nitrogen and oxygen atoms in total. The Hall–Kier alpha value is -1.53. The summed E-state index contributed by atoms with van der Waals surface area (Å²) in [6, 6.07) is 7.81. The second-order valence-corrected chi connectivity index (χ2v) is 9.00. The van der Waals surface area contributed by atoms with Crippen molar-refractivity contribution in [2.24, 2.45) is 0 Å². The molecule has 2 fully saturated rings. The third-order valence-corrected chi connectivity index (χ3v) is 5.86. The maximum atomic E-state index is 12.8. The van der Waals surface area contributed by atoms with Crippen LogP contribution in [0, 0.1) is 0 Å². The van der Waals surface area contributed by atoms with Gasteiger partial charge in [0.1, 0.15) is 5.75 Å². The number of carbonyl (C=O) groups is 1. The minimum Gasteiger partial charge on any atom is -0.491 e. The van der Waals surface area contributed by atoms with Gasteiger partial charge in [-0.15, -0.1) is 0 Å². The number of nitrogens with zero attached hydrogens (tertiary/aromatic N) is 1. The van der Waals surface area contributed by atoms with Gasteiger partial charge in [-0.2, -0.15) is 0 Å². The van der Waals surface area contributed by atoms with Crippen molar-refractivity contribution in [3.63, 3.8) is 0 Å². The van der Waals surface area contributed by atoms with Gasteiger partial charge >= 0.3 is 7.12 Å². The molecule has 1 aromatic rings. The zero-order valence-electron chi connectivity index (χ0n) is 17.5. The minimum absolute atomic E-state index is 0.121. The second kappa shape index (κ2) is 7.48. The number of hydrogen-bond donors (Lipinski definition) is 0. The molecule has 0 N–H and O–H groups in total. The van der Waals surface area contributed by atoms with E-state index in [0.717, 1.165) is 24.3 Å². The first kappa shape index (κ1) is 20.2. The number of hydrogen-bond acceptors (Lipinski definition) is 4. The number of likely N-dealkylation sites (tertiary alicyclic amines) is 1. The molecule has 0 aliphatic carbocycles. The number of ether oxygens (including phenoxy) is 1. The van der Waals surface area contributed by atoms with Crippen LogP contribution in [0.2, 0.25) is 5.82 Å². The summed E-state index contributed by atoms with van der Waals surface area (Å²) >= 11 is 0. The lowest BCUT2D eigenvalue weighted by Gasteiger charge is -2.32. The Morgan fingerprint density at radius 3 is 2.56 bits per heavy atom. The fourth-order valence-corrected chi connectivity index (χ4v) is 3.60. The van der Waals surface area contributed by atoms with Crippen LogP contribution in [0.4, 0.5) is 0 Å². The maximum Gasteiger partial charge on any atom is 0.463 e. The zero-order valence-corrected chi connectivity index (χ0v) is 17.5. The van der Waals surface area contributed by atoms with Crippen molar-refractivity contribution in [1.82, 2.24) is 4.90 Å². The molecular formula is C21H32BNO4. The van der Waals surface area contributed by atoms with E-state index in [0.29, 0.717) is 13.0 Å². The highest BCUT2D eigenvalue weighted by Crippen LogP contribution is 2.42. The van der Waals surface area contributed by atoms with Crippen LogP contribution in [0.15, 0.2) is 24.3 Å². The molecule has 2 aliphatic heterocycles.